The van der Waals surface area contributed by atoms with Crippen LogP contribution in [0.25, 0.3) is 0 Å². The molecule has 0 amide bonds. The number of hydrogen-bond acceptors (Lipinski definition) is 4. The fourth-order valence-corrected chi connectivity index (χ4v) is 2.36. The fraction of sp³-hybridized carbons (Fsp3) is 0.643. The second-order valence-electron chi connectivity index (χ2n) is 4.90. The molecule has 0 aliphatic carbocycles. The maximum Gasteiger partial charge on any atom is 0.0570 e. The zero-order valence-corrected chi connectivity index (χ0v) is 11.4. The van der Waals surface area contributed by atoms with Crippen molar-refractivity contribution in [3.05, 3.63) is 18.5 Å². The van der Waals surface area contributed by atoms with Crippen LogP contribution >= 0.6 is 0 Å². The highest BCUT2D eigenvalue weighted by Crippen LogP contribution is 2.21. The van der Waals surface area contributed by atoms with Crippen LogP contribution in [0, 0.1) is 5.92 Å². The molecule has 0 unspecified atom stereocenters. The van der Waals surface area contributed by atoms with E-state index in [2.05, 4.69) is 35.2 Å². The lowest BCUT2D eigenvalue weighted by Gasteiger charge is -2.28. The molecule has 0 aromatic carbocycles. The first-order valence-corrected chi connectivity index (χ1v) is 6.77. The van der Waals surface area contributed by atoms with Crippen molar-refractivity contribution in [3.8, 4) is 0 Å². The molecular formula is C14H23N3O. The highest BCUT2D eigenvalue weighted by Gasteiger charge is 2.16. The summed E-state index contributed by atoms with van der Waals surface area (Å²) in [5.74, 6) is 0.742. The quantitative estimate of drug-likeness (QED) is 0.869. The van der Waals surface area contributed by atoms with Crippen LogP contribution in [0.3, 0.4) is 0 Å². The molecule has 4 nitrogen and oxygen atoms in total. The third-order valence-corrected chi connectivity index (χ3v) is 3.42. The number of ether oxygens (including phenoxy) is 1. The maximum atomic E-state index is 5.40. The third-order valence-electron chi connectivity index (χ3n) is 3.42. The lowest BCUT2D eigenvalue weighted by Crippen LogP contribution is -2.29. The SMILES string of the molecule is CCNc1cncc(N(C)CC2CCOCC2)c1. The normalized spacial score (nSPS) is 16.6. The van der Waals surface area contributed by atoms with Crippen LogP contribution in [0.4, 0.5) is 11.4 Å². The number of nitrogens with zero attached hydrogens (tertiary/aromatic N) is 2. The van der Waals surface area contributed by atoms with Crippen LogP contribution < -0.4 is 10.2 Å². The van der Waals surface area contributed by atoms with Crippen molar-refractivity contribution in [1.82, 2.24) is 4.98 Å². The van der Waals surface area contributed by atoms with Gasteiger partial charge < -0.3 is 15.0 Å². The summed E-state index contributed by atoms with van der Waals surface area (Å²) in [4.78, 5) is 6.58. The molecule has 2 heterocycles. The molecule has 1 aliphatic rings. The Morgan fingerprint density at radius 3 is 2.89 bits per heavy atom. The molecule has 100 valence electrons. The van der Waals surface area contributed by atoms with Gasteiger partial charge in [0.2, 0.25) is 0 Å². The number of aromatic nitrogens is 1. The molecule has 1 aromatic rings. The van der Waals surface area contributed by atoms with Crippen molar-refractivity contribution in [2.75, 3.05) is 43.6 Å². The van der Waals surface area contributed by atoms with Crippen molar-refractivity contribution in [3.63, 3.8) is 0 Å². The lowest BCUT2D eigenvalue weighted by atomic mass is 10.00. The summed E-state index contributed by atoms with van der Waals surface area (Å²) in [6.07, 6.45) is 6.14. The predicted molar refractivity (Wildman–Crippen MR) is 75.2 cm³/mol. The van der Waals surface area contributed by atoms with Crippen LogP contribution in [0.15, 0.2) is 18.5 Å². The first-order chi connectivity index (χ1) is 8.79. The lowest BCUT2D eigenvalue weighted by molar-refractivity contribution is 0.0685. The van der Waals surface area contributed by atoms with E-state index in [1.165, 1.54) is 18.5 Å². The van der Waals surface area contributed by atoms with E-state index in [4.69, 9.17) is 4.74 Å². The summed E-state index contributed by atoms with van der Waals surface area (Å²) in [5, 5.41) is 3.30. The van der Waals surface area contributed by atoms with Crippen molar-refractivity contribution >= 4 is 11.4 Å². The van der Waals surface area contributed by atoms with Crippen LogP contribution in [0.5, 0.6) is 0 Å². The highest BCUT2D eigenvalue weighted by molar-refractivity contribution is 5.55. The molecule has 2 rings (SSSR count). The summed E-state index contributed by atoms with van der Waals surface area (Å²) in [5.41, 5.74) is 2.27. The van der Waals surface area contributed by atoms with Crippen LogP contribution in [-0.2, 0) is 4.74 Å². The molecule has 1 N–H and O–H groups in total. The Morgan fingerprint density at radius 2 is 2.17 bits per heavy atom. The zero-order chi connectivity index (χ0) is 12.8. The number of pyridine rings is 1. The Labute approximate surface area is 109 Å². The van der Waals surface area contributed by atoms with E-state index < -0.39 is 0 Å². The second-order valence-corrected chi connectivity index (χ2v) is 4.90. The Hall–Kier alpha value is -1.29. The number of hydrogen-bond donors (Lipinski definition) is 1. The summed E-state index contributed by atoms with van der Waals surface area (Å²) in [7, 11) is 2.14. The fourth-order valence-electron chi connectivity index (χ4n) is 2.36. The first-order valence-electron chi connectivity index (χ1n) is 6.77. The minimum absolute atomic E-state index is 0.742. The average Bonchev–Trinajstić information content (AvgIpc) is 2.40. The van der Waals surface area contributed by atoms with Crippen LogP contribution in [0.2, 0.25) is 0 Å². The number of anilines is 2. The van der Waals surface area contributed by atoms with Gasteiger partial charge in [0.1, 0.15) is 0 Å². The Bertz CT molecular complexity index is 364. The van der Waals surface area contributed by atoms with Gasteiger partial charge in [-0.2, -0.15) is 0 Å². The van der Waals surface area contributed by atoms with Gasteiger partial charge in [-0.3, -0.25) is 4.98 Å². The molecule has 0 spiro atoms. The highest BCUT2D eigenvalue weighted by atomic mass is 16.5. The van der Waals surface area contributed by atoms with E-state index in [0.717, 1.165) is 37.9 Å². The summed E-state index contributed by atoms with van der Waals surface area (Å²) >= 11 is 0. The minimum atomic E-state index is 0.742. The van der Waals surface area contributed by atoms with Gasteiger partial charge in [-0.05, 0) is 31.7 Å². The summed E-state index contributed by atoms with van der Waals surface area (Å²) in [6.45, 7) is 5.93. The molecule has 1 aliphatic heterocycles. The third kappa shape index (κ3) is 3.60. The van der Waals surface area contributed by atoms with Gasteiger partial charge in [0.05, 0.1) is 23.8 Å². The summed E-state index contributed by atoms with van der Waals surface area (Å²) in [6, 6.07) is 2.16. The van der Waals surface area contributed by atoms with Crippen LogP contribution in [-0.4, -0.2) is 38.3 Å². The molecule has 18 heavy (non-hydrogen) atoms. The van der Waals surface area contributed by atoms with Crippen molar-refractivity contribution < 1.29 is 4.74 Å². The molecule has 0 atom stereocenters. The van der Waals surface area contributed by atoms with E-state index in [1.54, 1.807) is 0 Å². The molecular weight excluding hydrogens is 226 g/mol. The van der Waals surface area contributed by atoms with Gasteiger partial charge in [0, 0.05) is 33.4 Å². The maximum absolute atomic E-state index is 5.40. The molecule has 0 radical (unpaired) electrons. The predicted octanol–water partition coefficient (Wildman–Crippen LogP) is 2.38. The molecule has 4 heteroatoms. The topological polar surface area (TPSA) is 37.4 Å². The number of rotatable bonds is 5. The number of nitrogens with one attached hydrogen (secondary N) is 1. The molecule has 1 fully saturated rings. The van der Waals surface area contributed by atoms with Gasteiger partial charge in [0.15, 0.2) is 0 Å². The smallest absolute Gasteiger partial charge is 0.0570 e. The summed E-state index contributed by atoms with van der Waals surface area (Å²) < 4.78 is 5.40. The second kappa shape index (κ2) is 6.59. The minimum Gasteiger partial charge on any atom is -0.384 e. The van der Waals surface area contributed by atoms with Crippen LogP contribution in [0.1, 0.15) is 19.8 Å². The molecule has 0 bridgehead atoms. The molecule has 1 aromatic heterocycles. The van der Waals surface area contributed by atoms with E-state index >= 15 is 0 Å². The average molecular weight is 249 g/mol. The van der Waals surface area contributed by atoms with Crippen molar-refractivity contribution in [1.29, 1.82) is 0 Å². The standard InChI is InChI=1S/C14H23N3O/c1-3-16-13-8-14(10-15-9-13)17(2)11-12-4-6-18-7-5-12/h8-10,12,16H,3-7,11H2,1-2H3. The van der Waals surface area contributed by atoms with Gasteiger partial charge in [0.25, 0.3) is 0 Å². The van der Waals surface area contributed by atoms with Crippen molar-refractivity contribution in [2.45, 2.75) is 19.8 Å². The monoisotopic (exact) mass is 249 g/mol. The van der Waals surface area contributed by atoms with E-state index in [9.17, 15) is 0 Å². The van der Waals surface area contributed by atoms with E-state index in [1.807, 2.05) is 12.4 Å². The zero-order valence-electron chi connectivity index (χ0n) is 11.4. The Morgan fingerprint density at radius 1 is 1.39 bits per heavy atom. The van der Waals surface area contributed by atoms with Gasteiger partial charge in [-0.1, -0.05) is 0 Å². The van der Waals surface area contributed by atoms with Gasteiger partial charge in [-0.25, -0.2) is 0 Å². The van der Waals surface area contributed by atoms with E-state index in [0.29, 0.717) is 0 Å². The molecule has 1 saturated heterocycles. The van der Waals surface area contributed by atoms with Gasteiger partial charge in [-0.15, -0.1) is 0 Å². The van der Waals surface area contributed by atoms with E-state index in [-0.39, 0.29) is 0 Å². The Balaban J connectivity index is 1.94. The molecule has 0 saturated carbocycles. The first kappa shape index (κ1) is 13.1. The van der Waals surface area contributed by atoms with Gasteiger partial charge >= 0.3 is 0 Å². The largest absolute Gasteiger partial charge is 0.384 e. The van der Waals surface area contributed by atoms with Crippen molar-refractivity contribution in [2.24, 2.45) is 5.92 Å². The Kier molecular flexibility index (Phi) is 4.81.